The van der Waals surface area contributed by atoms with Crippen LogP contribution in [0.1, 0.15) is 24.5 Å². The lowest BCUT2D eigenvalue weighted by Crippen LogP contribution is -2.59. The highest BCUT2D eigenvalue weighted by molar-refractivity contribution is 5.89. The molecule has 5 heteroatoms. The van der Waals surface area contributed by atoms with Gasteiger partial charge in [-0.05, 0) is 36.1 Å². The van der Waals surface area contributed by atoms with Gasteiger partial charge in [0.15, 0.2) is 0 Å². The summed E-state index contributed by atoms with van der Waals surface area (Å²) in [7, 11) is 0. The van der Waals surface area contributed by atoms with Gasteiger partial charge >= 0.3 is 0 Å². The van der Waals surface area contributed by atoms with Crippen molar-refractivity contribution in [2.24, 2.45) is 0 Å². The Bertz CT molecular complexity index is 1050. The summed E-state index contributed by atoms with van der Waals surface area (Å²) >= 11 is 0. The van der Waals surface area contributed by atoms with E-state index >= 15 is 0 Å². The summed E-state index contributed by atoms with van der Waals surface area (Å²) in [5, 5.41) is 0. The molecule has 0 spiro atoms. The molecule has 3 aromatic rings. The summed E-state index contributed by atoms with van der Waals surface area (Å²) in [6.45, 7) is 3.82. The van der Waals surface area contributed by atoms with Gasteiger partial charge in [0.05, 0.1) is 0 Å². The Balaban J connectivity index is 1.57. The van der Waals surface area contributed by atoms with Crippen molar-refractivity contribution in [2.45, 2.75) is 32.2 Å². The van der Waals surface area contributed by atoms with E-state index in [1.807, 2.05) is 78.7 Å². The highest BCUT2D eigenvalue weighted by Crippen LogP contribution is 2.26. The standard InChI is InChI=1S/C27H29N3O2/c1-2-29-17-18-30(26(31)15-14-21-9-4-3-5-10-21)25(27(29)32)19-22-11-6-7-13-24(22)23-12-8-16-28-20-23/h3-13,16,20,25H,2,14-15,17-19H2,1H3/t25-/m0/s1. The zero-order valence-electron chi connectivity index (χ0n) is 18.5. The highest BCUT2D eigenvalue weighted by atomic mass is 16.2. The Morgan fingerprint density at radius 1 is 1.00 bits per heavy atom. The van der Waals surface area contributed by atoms with Gasteiger partial charge < -0.3 is 9.80 Å². The van der Waals surface area contributed by atoms with E-state index in [9.17, 15) is 9.59 Å². The fourth-order valence-corrected chi connectivity index (χ4v) is 4.40. The van der Waals surface area contributed by atoms with Gasteiger partial charge in [0.25, 0.3) is 0 Å². The van der Waals surface area contributed by atoms with Gasteiger partial charge in [-0.25, -0.2) is 0 Å². The van der Waals surface area contributed by atoms with Gasteiger partial charge in [-0.3, -0.25) is 14.6 Å². The van der Waals surface area contributed by atoms with Crippen molar-refractivity contribution in [1.29, 1.82) is 0 Å². The van der Waals surface area contributed by atoms with E-state index in [2.05, 4.69) is 11.1 Å². The minimum atomic E-state index is -0.482. The average molecular weight is 428 g/mol. The van der Waals surface area contributed by atoms with E-state index in [-0.39, 0.29) is 11.8 Å². The van der Waals surface area contributed by atoms with Gasteiger partial charge in [-0.15, -0.1) is 0 Å². The first-order valence-corrected chi connectivity index (χ1v) is 11.3. The normalized spacial score (nSPS) is 16.3. The van der Waals surface area contributed by atoms with Crippen LogP contribution in [0.5, 0.6) is 0 Å². The molecule has 2 heterocycles. The number of pyridine rings is 1. The first-order valence-electron chi connectivity index (χ1n) is 11.3. The van der Waals surface area contributed by atoms with E-state index in [4.69, 9.17) is 0 Å². The third-order valence-corrected chi connectivity index (χ3v) is 6.16. The molecule has 0 bridgehead atoms. The van der Waals surface area contributed by atoms with Crippen LogP contribution in [0, 0.1) is 0 Å². The second-order valence-corrected chi connectivity index (χ2v) is 8.11. The van der Waals surface area contributed by atoms with Crippen molar-refractivity contribution in [2.75, 3.05) is 19.6 Å². The first-order chi connectivity index (χ1) is 15.7. The number of aryl methyl sites for hydroxylation is 1. The van der Waals surface area contributed by atoms with Crippen molar-refractivity contribution in [3.63, 3.8) is 0 Å². The van der Waals surface area contributed by atoms with Crippen LogP contribution in [-0.2, 0) is 22.4 Å². The predicted octanol–water partition coefficient (Wildman–Crippen LogP) is 3.98. The van der Waals surface area contributed by atoms with Crippen molar-refractivity contribution < 1.29 is 9.59 Å². The van der Waals surface area contributed by atoms with Gasteiger partial charge in [0.2, 0.25) is 11.8 Å². The fourth-order valence-electron chi connectivity index (χ4n) is 4.40. The number of aromatic nitrogens is 1. The molecule has 0 aliphatic carbocycles. The van der Waals surface area contributed by atoms with E-state index in [0.29, 0.717) is 38.9 Å². The molecule has 2 aromatic carbocycles. The fraction of sp³-hybridized carbons (Fsp3) is 0.296. The van der Waals surface area contributed by atoms with Crippen LogP contribution in [0.4, 0.5) is 0 Å². The summed E-state index contributed by atoms with van der Waals surface area (Å²) < 4.78 is 0. The third kappa shape index (κ3) is 4.88. The Morgan fingerprint density at radius 2 is 1.78 bits per heavy atom. The number of nitrogens with zero attached hydrogens (tertiary/aromatic N) is 3. The number of likely N-dealkylation sites (N-methyl/N-ethyl adjacent to an activating group) is 1. The molecule has 1 atom stereocenters. The molecule has 1 aliphatic rings. The second kappa shape index (κ2) is 10.2. The Kier molecular flexibility index (Phi) is 6.95. The molecule has 32 heavy (non-hydrogen) atoms. The summed E-state index contributed by atoms with van der Waals surface area (Å²) in [6, 6.07) is 21.6. The lowest BCUT2D eigenvalue weighted by Gasteiger charge is -2.40. The maximum absolute atomic E-state index is 13.3. The molecule has 1 aliphatic heterocycles. The van der Waals surface area contributed by atoms with Crippen molar-refractivity contribution >= 4 is 11.8 Å². The predicted molar refractivity (Wildman–Crippen MR) is 126 cm³/mol. The van der Waals surface area contributed by atoms with Crippen LogP contribution in [0.15, 0.2) is 79.1 Å². The summed E-state index contributed by atoms with van der Waals surface area (Å²) in [5.41, 5.74) is 4.26. The number of rotatable bonds is 7. The minimum absolute atomic E-state index is 0.0350. The molecule has 1 fully saturated rings. The zero-order chi connectivity index (χ0) is 22.3. The van der Waals surface area contributed by atoms with E-state index in [1.165, 1.54) is 0 Å². The molecule has 164 valence electrons. The SMILES string of the molecule is CCN1CCN(C(=O)CCc2ccccc2)[C@@H](Cc2ccccc2-c2cccnc2)C1=O. The molecule has 2 amide bonds. The molecule has 0 unspecified atom stereocenters. The topological polar surface area (TPSA) is 53.5 Å². The van der Waals surface area contributed by atoms with Crippen molar-refractivity contribution in [3.8, 4) is 11.1 Å². The van der Waals surface area contributed by atoms with Crippen LogP contribution in [0.25, 0.3) is 11.1 Å². The van der Waals surface area contributed by atoms with Crippen LogP contribution in [0.2, 0.25) is 0 Å². The van der Waals surface area contributed by atoms with Crippen LogP contribution < -0.4 is 0 Å². The number of hydrogen-bond donors (Lipinski definition) is 0. The summed E-state index contributed by atoms with van der Waals surface area (Å²) in [4.78, 5) is 34.4. The molecule has 1 aromatic heterocycles. The van der Waals surface area contributed by atoms with Crippen LogP contribution in [-0.4, -0.2) is 52.3 Å². The van der Waals surface area contributed by atoms with Gasteiger partial charge in [-0.2, -0.15) is 0 Å². The van der Waals surface area contributed by atoms with Crippen molar-refractivity contribution in [3.05, 3.63) is 90.3 Å². The van der Waals surface area contributed by atoms with E-state index < -0.39 is 6.04 Å². The number of carbonyl (C=O) groups excluding carboxylic acids is 2. The maximum atomic E-state index is 13.3. The van der Waals surface area contributed by atoms with Gasteiger partial charge in [-0.1, -0.05) is 60.7 Å². The Morgan fingerprint density at radius 3 is 2.53 bits per heavy atom. The third-order valence-electron chi connectivity index (χ3n) is 6.16. The molecular weight excluding hydrogens is 398 g/mol. The van der Waals surface area contributed by atoms with Crippen molar-refractivity contribution in [1.82, 2.24) is 14.8 Å². The first kappa shape index (κ1) is 21.8. The average Bonchev–Trinajstić information content (AvgIpc) is 2.85. The molecule has 0 saturated carbocycles. The lowest BCUT2D eigenvalue weighted by atomic mass is 9.93. The molecular formula is C27H29N3O2. The molecule has 5 nitrogen and oxygen atoms in total. The number of piperazine rings is 1. The Labute approximate surface area is 189 Å². The lowest BCUT2D eigenvalue weighted by molar-refractivity contribution is -0.151. The number of benzene rings is 2. The molecule has 0 radical (unpaired) electrons. The second-order valence-electron chi connectivity index (χ2n) is 8.11. The highest BCUT2D eigenvalue weighted by Gasteiger charge is 2.36. The monoisotopic (exact) mass is 427 g/mol. The Hall–Kier alpha value is -3.47. The minimum Gasteiger partial charge on any atom is -0.339 e. The van der Waals surface area contributed by atoms with E-state index in [0.717, 1.165) is 22.3 Å². The number of hydrogen-bond acceptors (Lipinski definition) is 3. The summed E-state index contributed by atoms with van der Waals surface area (Å²) in [6.07, 6.45) is 5.17. The molecule has 4 rings (SSSR count). The van der Waals surface area contributed by atoms with E-state index in [1.54, 1.807) is 11.1 Å². The number of amides is 2. The van der Waals surface area contributed by atoms with Crippen LogP contribution >= 0.6 is 0 Å². The number of carbonyl (C=O) groups is 2. The molecule has 1 saturated heterocycles. The van der Waals surface area contributed by atoms with Gasteiger partial charge in [0.1, 0.15) is 6.04 Å². The maximum Gasteiger partial charge on any atom is 0.245 e. The van der Waals surface area contributed by atoms with Crippen LogP contribution in [0.3, 0.4) is 0 Å². The molecule has 0 N–H and O–H groups in total. The quantitative estimate of drug-likeness (QED) is 0.573. The zero-order valence-corrected chi connectivity index (χ0v) is 18.5. The largest absolute Gasteiger partial charge is 0.339 e. The summed E-state index contributed by atoms with van der Waals surface area (Å²) in [5.74, 6) is 0.0783. The smallest absolute Gasteiger partial charge is 0.245 e. The van der Waals surface area contributed by atoms with Gasteiger partial charge in [0, 0.05) is 50.4 Å².